The van der Waals surface area contributed by atoms with Crippen LogP contribution in [0.2, 0.25) is 0 Å². The summed E-state index contributed by atoms with van der Waals surface area (Å²) in [6.45, 7) is -0.0195. The van der Waals surface area contributed by atoms with Crippen LogP contribution in [0.1, 0.15) is 5.56 Å². The number of aliphatic hydroxyl groups excluding tert-OH is 1. The van der Waals surface area contributed by atoms with Crippen LogP contribution >= 0.6 is 0 Å². The van der Waals surface area contributed by atoms with Crippen LogP contribution in [0, 0.1) is 0 Å². The summed E-state index contributed by atoms with van der Waals surface area (Å²) in [6, 6.07) is 7.09. The Morgan fingerprint density at radius 1 is 1.47 bits per heavy atom. The number of anilines is 1. The summed E-state index contributed by atoms with van der Waals surface area (Å²) < 4.78 is 0. The number of carbonyl (C=O) groups excluding carboxylic acids is 1. The highest BCUT2D eigenvalue weighted by Crippen LogP contribution is 2.16. The van der Waals surface area contributed by atoms with Crippen molar-refractivity contribution in [1.82, 2.24) is 5.32 Å². The molecule has 15 heavy (non-hydrogen) atoms. The van der Waals surface area contributed by atoms with Gasteiger partial charge in [-0.25, -0.2) is 4.79 Å². The molecular weight excluding hydrogens is 192 g/mol. The predicted molar refractivity (Wildman–Crippen MR) is 60.6 cm³/mol. The van der Waals surface area contributed by atoms with Crippen molar-refractivity contribution < 1.29 is 9.90 Å². The topological polar surface area (TPSA) is 61.4 Å². The maximum absolute atomic E-state index is 11.1. The molecule has 0 heterocycles. The smallest absolute Gasteiger partial charge is 0.318 e. The van der Waals surface area contributed by atoms with Gasteiger partial charge in [-0.2, -0.15) is 0 Å². The molecule has 0 saturated heterocycles. The number of amides is 2. The molecule has 2 amide bonds. The van der Waals surface area contributed by atoms with Gasteiger partial charge in [-0.3, -0.25) is 0 Å². The Balaban J connectivity index is 2.86. The van der Waals surface area contributed by atoms with E-state index < -0.39 is 0 Å². The number of urea groups is 1. The minimum Gasteiger partial charge on any atom is -0.392 e. The minimum atomic E-state index is -0.264. The third kappa shape index (κ3) is 3.44. The van der Waals surface area contributed by atoms with Crippen LogP contribution in [0.15, 0.2) is 30.3 Å². The van der Waals surface area contributed by atoms with E-state index in [1.165, 1.54) is 0 Å². The molecular formula is C11H14N2O2. The van der Waals surface area contributed by atoms with Crippen molar-refractivity contribution in [2.45, 2.75) is 0 Å². The highest BCUT2D eigenvalue weighted by atomic mass is 16.2. The van der Waals surface area contributed by atoms with Crippen molar-refractivity contribution in [3.05, 3.63) is 35.9 Å². The maximum Gasteiger partial charge on any atom is 0.318 e. The second-order valence-corrected chi connectivity index (χ2v) is 2.88. The molecule has 0 radical (unpaired) electrons. The molecule has 0 unspecified atom stereocenters. The summed E-state index contributed by atoms with van der Waals surface area (Å²) in [5.41, 5.74) is 1.57. The van der Waals surface area contributed by atoms with Gasteiger partial charge in [0.1, 0.15) is 0 Å². The summed E-state index contributed by atoms with van der Waals surface area (Å²) in [7, 11) is 1.56. The Labute approximate surface area is 88.6 Å². The molecule has 1 aromatic rings. The molecule has 0 aromatic heterocycles. The number of aliphatic hydroxyl groups is 1. The summed E-state index contributed by atoms with van der Waals surface area (Å²) in [6.07, 6.45) is 3.37. The zero-order chi connectivity index (χ0) is 11.1. The van der Waals surface area contributed by atoms with Gasteiger partial charge in [-0.15, -0.1) is 0 Å². The summed E-state index contributed by atoms with van der Waals surface area (Å²) in [4.78, 5) is 11.1. The normalized spacial score (nSPS) is 10.3. The van der Waals surface area contributed by atoms with Crippen molar-refractivity contribution in [3.8, 4) is 0 Å². The number of hydrogen-bond acceptors (Lipinski definition) is 2. The van der Waals surface area contributed by atoms with E-state index in [2.05, 4.69) is 10.6 Å². The Morgan fingerprint density at radius 3 is 2.87 bits per heavy atom. The first-order valence-corrected chi connectivity index (χ1v) is 4.63. The molecule has 0 saturated carbocycles. The number of nitrogens with one attached hydrogen (secondary N) is 2. The molecule has 1 rings (SSSR count). The van der Waals surface area contributed by atoms with Crippen LogP contribution in [0.25, 0.3) is 6.08 Å². The highest BCUT2D eigenvalue weighted by molar-refractivity contribution is 5.91. The van der Waals surface area contributed by atoms with Crippen LogP contribution in [0.3, 0.4) is 0 Å². The van der Waals surface area contributed by atoms with E-state index in [9.17, 15) is 4.79 Å². The van der Waals surface area contributed by atoms with Crippen LogP contribution in [0.5, 0.6) is 0 Å². The molecule has 1 aromatic carbocycles. The average molecular weight is 206 g/mol. The molecule has 0 aliphatic rings. The lowest BCUT2D eigenvalue weighted by Gasteiger charge is -2.07. The largest absolute Gasteiger partial charge is 0.392 e. The van der Waals surface area contributed by atoms with E-state index in [4.69, 9.17) is 5.11 Å². The zero-order valence-corrected chi connectivity index (χ0v) is 8.53. The lowest BCUT2D eigenvalue weighted by molar-refractivity contribution is 0.254. The number of hydrogen-bond donors (Lipinski definition) is 3. The number of para-hydroxylation sites is 1. The minimum absolute atomic E-state index is 0.0195. The SMILES string of the molecule is CNC(=O)Nc1ccccc1/C=C/CO. The van der Waals surface area contributed by atoms with E-state index in [1.54, 1.807) is 25.3 Å². The lowest BCUT2D eigenvalue weighted by atomic mass is 10.1. The molecule has 4 heteroatoms. The molecule has 3 N–H and O–H groups in total. The van der Waals surface area contributed by atoms with Crippen LogP contribution < -0.4 is 10.6 Å². The Bertz CT molecular complexity index is 361. The molecule has 0 aliphatic carbocycles. The first-order valence-electron chi connectivity index (χ1n) is 4.63. The van der Waals surface area contributed by atoms with Gasteiger partial charge in [0.2, 0.25) is 0 Å². The quantitative estimate of drug-likeness (QED) is 0.700. The number of rotatable bonds is 3. The predicted octanol–water partition coefficient (Wildman–Crippen LogP) is 1.44. The lowest BCUT2D eigenvalue weighted by Crippen LogP contribution is -2.24. The second kappa shape index (κ2) is 5.82. The Morgan fingerprint density at radius 2 is 2.20 bits per heavy atom. The van der Waals surface area contributed by atoms with Gasteiger partial charge in [0.15, 0.2) is 0 Å². The van der Waals surface area contributed by atoms with E-state index in [-0.39, 0.29) is 12.6 Å². The summed E-state index contributed by atoms with van der Waals surface area (Å²) in [5, 5.41) is 13.8. The molecule has 4 nitrogen and oxygen atoms in total. The average Bonchev–Trinajstić information content (AvgIpc) is 2.28. The van der Waals surface area contributed by atoms with Crippen molar-refractivity contribution in [3.63, 3.8) is 0 Å². The van der Waals surface area contributed by atoms with E-state index in [1.807, 2.05) is 18.2 Å². The maximum atomic E-state index is 11.1. The summed E-state index contributed by atoms with van der Waals surface area (Å²) in [5.74, 6) is 0. The van der Waals surface area contributed by atoms with Crippen LogP contribution in [0.4, 0.5) is 10.5 Å². The van der Waals surface area contributed by atoms with E-state index in [0.717, 1.165) is 5.56 Å². The molecule has 0 fully saturated rings. The van der Waals surface area contributed by atoms with Gasteiger partial charge < -0.3 is 15.7 Å². The van der Waals surface area contributed by atoms with Crippen molar-refractivity contribution >= 4 is 17.8 Å². The molecule has 0 spiro atoms. The fraction of sp³-hybridized carbons (Fsp3) is 0.182. The standard InChI is InChI=1S/C11H14N2O2/c1-12-11(15)13-10-7-3-2-5-9(10)6-4-8-14/h2-7,14H,8H2,1H3,(H2,12,13,15)/b6-4+. The first kappa shape index (κ1) is 11.3. The van der Waals surface area contributed by atoms with Crippen LogP contribution in [-0.2, 0) is 0 Å². The van der Waals surface area contributed by atoms with Crippen molar-refractivity contribution in [1.29, 1.82) is 0 Å². The van der Waals surface area contributed by atoms with Gasteiger partial charge in [0, 0.05) is 12.7 Å². The molecule has 0 bridgehead atoms. The van der Waals surface area contributed by atoms with E-state index >= 15 is 0 Å². The second-order valence-electron chi connectivity index (χ2n) is 2.88. The molecule has 0 aliphatic heterocycles. The third-order valence-corrected chi connectivity index (χ3v) is 1.84. The van der Waals surface area contributed by atoms with Crippen molar-refractivity contribution in [2.24, 2.45) is 0 Å². The number of carbonyl (C=O) groups is 1. The Hall–Kier alpha value is -1.81. The first-order chi connectivity index (χ1) is 7.27. The summed E-state index contributed by atoms with van der Waals surface area (Å²) >= 11 is 0. The highest BCUT2D eigenvalue weighted by Gasteiger charge is 2.01. The zero-order valence-electron chi connectivity index (χ0n) is 8.53. The number of benzene rings is 1. The van der Waals surface area contributed by atoms with Crippen molar-refractivity contribution in [2.75, 3.05) is 19.0 Å². The van der Waals surface area contributed by atoms with Gasteiger partial charge in [0.25, 0.3) is 0 Å². The van der Waals surface area contributed by atoms with Crippen LogP contribution in [-0.4, -0.2) is 24.8 Å². The fourth-order valence-electron chi connectivity index (χ4n) is 1.12. The molecule has 80 valence electrons. The van der Waals surface area contributed by atoms with Gasteiger partial charge in [0.05, 0.1) is 6.61 Å². The van der Waals surface area contributed by atoms with Gasteiger partial charge >= 0.3 is 6.03 Å². The van der Waals surface area contributed by atoms with Gasteiger partial charge in [-0.05, 0) is 11.6 Å². The fourth-order valence-corrected chi connectivity index (χ4v) is 1.12. The van der Waals surface area contributed by atoms with Gasteiger partial charge in [-0.1, -0.05) is 30.4 Å². The monoisotopic (exact) mass is 206 g/mol. The van der Waals surface area contributed by atoms with E-state index in [0.29, 0.717) is 5.69 Å². The molecule has 0 atom stereocenters. The third-order valence-electron chi connectivity index (χ3n) is 1.84. The Kier molecular flexibility index (Phi) is 4.37.